The van der Waals surface area contributed by atoms with Crippen LogP contribution < -0.4 is 0 Å². The van der Waals surface area contributed by atoms with E-state index in [9.17, 15) is 0 Å². The summed E-state index contributed by atoms with van der Waals surface area (Å²) in [6.07, 6.45) is 0. The largest absolute Gasteiger partial charge is 0.260 e. The molecule has 4 rings (SSSR count). The van der Waals surface area contributed by atoms with Gasteiger partial charge in [-0.1, -0.05) is 72.3 Å². The molecule has 0 atom stereocenters. The van der Waals surface area contributed by atoms with Gasteiger partial charge in [-0.05, 0) is 31.0 Å². The molecule has 0 saturated heterocycles. The molecule has 2 nitrogen and oxygen atoms in total. The maximum Gasteiger partial charge on any atom is 0.100 e. The predicted octanol–water partition coefficient (Wildman–Crippen LogP) is 5.37. The van der Waals surface area contributed by atoms with Crippen LogP contribution >= 0.6 is 0 Å². The Bertz CT molecular complexity index is 994. The van der Waals surface area contributed by atoms with Crippen LogP contribution in [0.5, 0.6) is 0 Å². The van der Waals surface area contributed by atoms with E-state index >= 15 is 0 Å². The van der Waals surface area contributed by atoms with Crippen LogP contribution in [0.2, 0.25) is 0 Å². The molecule has 0 spiro atoms. The lowest BCUT2D eigenvalue weighted by Gasteiger charge is -2.07. The Morgan fingerprint density at radius 1 is 0.792 bits per heavy atom. The van der Waals surface area contributed by atoms with Crippen molar-refractivity contribution in [2.45, 2.75) is 20.4 Å². The third-order valence-electron chi connectivity index (χ3n) is 4.56. The zero-order valence-electron chi connectivity index (χ0n) is 14.0. The van der Waals surface area contributed by atoms with Crippen molar-refractivity contribution in [1.29, 1.82) is 0 Å². The molecule has 0 N–H and O–H groups in total. The van der Waals surface area contributed by atoms with E-state index in [1.807, 2.05) is 0 Å². The minimum atomic E-state index is 0.791. The standard InChI is InChI=1S/C22H20N2/c1-16-11-13-18(14-12-16)22-20-9-5-6-10-21(20)24(23-22)15-19-8-4-3-7-17(19)2/h3-14H,15H2,1-2H3. The van der Waals surface area contributed by atoms with E-state index in [1.165, 1.54) is 33.2 Å². The average molecular weight is 312 g/mol. The number of hydrogen-bond acceptors (Lipinski definition) is 1. The Hall–Kier alpha value is -2.87. The van der Waals surface area contributed by atoms with E-state index in [2.05, 4.69) is 91.3 Å². The minimum absolute atomic E-state index is 0.791. The molecule has 0 saturated carbocycles. The zero-order valence-corrected chi connectivity index (χ0v) is 14.0. The Morgan fingerprint density at radius 2 is 1.50 bits per heavy atom. The lowest BCUT2D eigenvalue weighted by Crippen LogP contribution is -2.03. The predicted molar refractivity (Wildman–Crippen MR) is 100 cm³/mol. The third-order valence-corrected chi connectivity index (χ3v) is 4.56. The van der Waals surface area contributed by atoms with E-state index in [-0.39, 0.29) is 0 Å². The van der Waals surface area contributed by atoms with Crippen molar-refractivity contribution in [3.8, 4) is 11.3 Å². The quantitative estimate of drug-likeness (QED) is 0.497. The first kappa shape index (κ1) is 14.7. The molecule has 0 aliphatic heterocycles. The summed E-state index contributed by atoms with van der Waals surface area (Å²) in [6.45, 7) is 5.06. The molecule has 1 aromatic heterocycles. The SMILES string of the molecule is Cc1ccc(-c2nn(Cc3ccccc3C)c3ccccc23)cc1. The first-order chi connectivity index (χ1) is 11.7. The highest BCUT2D eigenvalue weighted by molar-refractivity contribution is 5.93. The maximum absolute atomic E-state index is 4.94. The van der Waals surface area contributed by atoms with E-state index in [0.29, 0.717) is 0 Å². The second-order valence-electron chi connectivity index (χ2n) is 6.32. The van der Waals surface area contributed by atoms with Crippen molar-refractivity contribution in [3.05, 3.63) is 89.5 Å². The van der Waals surface area contributed by atoms with Crippen molar-refractivity contribution in [2.75, 3.05) is 0 Å². The number of aryl methyl sites for hydroxylation is 2. The fraction of sp³-hybridized carbons (Fsp3) is 0.136. The summed E-state index contributed by atoms with van der Waals surface area (Å²) < 4.78 is 2.12. The Kier molecular flexibility index (Phi) is 3.66. The Balaban J connectivity index is 1.85. The summed E-state index contributed by atoms with van der Waals surface area (Å²) in [7, 11) is 0. The molecule has 0 aliphatic rings. The van der Waals surface area contributed by atoms with Gasteiger partial charge in [0.25, 0.3) is 0 Å². The first-order valence-corrected chi connectivity index (χ1v) is 8.29. The van der Waals surface area contributed by atoms with Crippen molar-refractivity contribution in [1.82, 2.24) is 9.78 Å². The van der Waals surface area contributed by atoms with Gasteiger partial charge in [0.05, 0.1) is 12.1 Å². The Labute approximate surface area is 142 Å². The monoisotopic (exact) mass is 312 g/mol. The molecule has 0 bridgehead atoms. The third kappa shape index (κ3) is 2.61. The first-order valence-electron chi connectivity index (χ1n) is 8.29. The van der Waals surface area contributed by atoms with Crippen LogP contribution in [0.3, 0.4) is 0 Å². The summed E-state index contributed by atoms with van der Waals surface area (Å²) in [6, 6.07) is 25.6. The highest BCUT2D eigenvalue weighted by Gasteiger charge is 2.12. The summed E-state index contributed by atoms with van der Waals surface area (Å²) in [5, 5.41) is 6.15. The van der Waals surface area contributed by atoms with Crippen molar-refractivity contribution in [3.63, 3.8) is 0 Å². The molecule has 0 amide bonds. The molecule has 0 fully saturated rings. The normalized spacial score (nSPS) is 11.1. The second-order valence-corrected chi connectivity index (χ2v) is 6.32. The molecule has 3 aromatic carbocycles. The molecule has 0 aliphatic carbocycles. The molecule has 4 aromatic rings. The van der Waals surface area contributed by atoms with Crippen LogP contribution in [0.15, 0.2) is 72.8 Å². The van der Waals surface area contributed by atoms with E-state index < -0.39 is 0 Å². The van der Waals surface area contributed by atoms with Gasteiger partial charge in [-0.15, -0.1) is 0 Å². The van der Waals surface area contributed by atoms with Gasteiger partial charge < -0.3 is 0 Å². The molecule has 1 heterocycles. The number of nitrogens with zero attached hydrogens (tertiary/aromatic N) is 2. The summed E-state index contributed by atoms with van der Waals surface area (Å²) >= 11 is 0. The fourth-order valence-electron chi connectivity index (χ4n) is 3.12. The molecule has 0 unspecified atom stereocenters. The minimum Gasteiger partial charge on any atom is -0.260 e. The van der Waals surface area contributed by atoms with Crippen LogP contribution in [0, 0.1) is 13.8 Å². The Morgan fingerprint density at radius 3 is 2.29 bits per heavy atom. The molecule has 118 valence electrons. The highest BCUT2D eigenvalue weighted by atomic mass is 15.3. The van der Waals surface area contributed by atoms with Crippen LogP contribution in [-0.2, 0) is 6.54 Å². The number of benzene rings is 3. The lowest BCUT2D eigenvalue weighted by molar-refractivity contribution is 0.712. The lowest BCUT2D eigenvalue weighted by atomic mass is 10.1. The van der Waals surface area contributed by atoms with Crippen LogP contribution in [0.1, 0.15) is 16.7 Å². The van der Waals surface area contributed by atoms with Gasteiger partial charge in [0.2, 0.25) is 0 Å². The summed E-state index contributed by atoms with van der Waals surface area (Å²) in [4.78, 5) is 0. The average Bonchev–Trinajstić information content (AvgIpc) is 2.97. The fourth-order valence-corrected chi connectivity index (χ4v) is 3.12. The highest BCUT2D eigenvalue weighted by Crippen LogP contribution is 2.28. The van der Waals surface area contributed by atoms with Gasteiger partial charge in [0, 0.05) is 10.9 Å². The van der Waals surface area contributed by atoms with Crippen LogP contribution in [-0.4, -0.2) is 9.78 Å². The van der Waals surface area contributed by atoms with E-state index in [0.717, 1.165) is 12.2 Å². The summed E-state index contributed by atoms with van der Waals surface area (Å²) in [5.74, 6) is 0. The van der Waals surface area contributed by atoms with Crippen LogP contribution in [0.25, 0.3) is 22.2 Å². The smallest absolute Gasteiger partial charge is 0.100 e. The molecule has 2 heteroatoms. The van der Waals surface area contributed by atoms with E-state index in [4.69, 9.17) is 5.10 Å². The van der Waals surface area contributed by atoms with Gasteiger partial charge in [0.1, 0.15) is 5.69 Å². The van der Waals surface area contributed by atoms with Gasteiger partial charge in [-0.2, -0.15) is 5.10 Å². The number of hydrogen-bond donors (Lipinski definition) is 0. The molecular weight excluding hydrogens is 292 g/mol. The van der Waals surface area contributed by atoms with Gasteiger partial charge in [0.15, 0.2) is 0 Å². The summed E-state index contributed by atoms with van der Waals surface area (Å²) in [5.41, 5.74) is 7.27. The number of fused-ring (bicyclic) bond motifs is 1. The molecular formula is C22H20N2. The zero-order chi connectivity index (χ0) is 16.5. The van der Waals surface area contributed by atoms with Crippen molar-refractivity contribution < 1.29 is 0 Å². The number of rotatable bonds is 3. The van der Waals surface area contributed by atoms with Gasteiger partial charge in [-0.25, -0.2) is 0 Å². The van der Waals surface area contributed by atoms with Crippen LogP contribution in [0.4, 0.5) is 0 Å². The number of aromatic nitrogens is 2. The molecule has 0 radical (unpaired) electrons. The molecule has 24 heavy (non-hydrogen) atoms. The maximum atomic E-state index is 4.94. The second kappa shape index (κ2) is 5.97. The van der Waals surface area contributed by atoms with Gasteiger partial charge >= 0.3 is 0 Å². The van der Waals surface area contributed by atoms with E-state index in [1.54, 1.807) is 0 Å². The number of para-hydroxylation sites is 1. The van der Waals surface area contributed by atoms with Crippen molar-refractivity contribution in [2.24, 2.45) is 0 Å². The van der Waals surface area contributed by atoms with Gasteiger partial charge in [-0.3, -0.25) is 4.68 Å². The topological polar surface area (TPSA) is 17.8 Å². The van der Waals surface area contributed by atoms with Crippen molar-refractivity contribution >= 4 is 10.9 Å².